The minimum atomic E-state index is -1.24. The molecule has 0 saturated heterocycles. The molecule has 0 bridgehead atoms. The number of hydrogen-bond acceptors (Lipinski definition) is 3. The highest BCUT2D eigenvalue weighted by molar-refractivity contribution is 6.30. The number of rotatable bonds is 3. The molecule has 0 heterocycles. The van der Waals surface area contributed by atoms with Gasteiger partial charge in [-0.05, 0) is 26.0 Å². The van der Waals surface area contributed by atoms with Crippen LogP contribution in [0.2, 0.25) is 5.02 Å². The number of benzene rings is 1. The first kappa shape index (κ1) is 12.7. The van der Waals surface area contributed by atoms with E-state index in [1.807, 2.05) is 0 Å². The van der Waals surface area contributed by atoms with Crippen LogP contribution in [0.1, 0.15) is 26.3 Å². The van der Waals surface area contributed by atoms with Crippen LogP contribution in [0.4, 0.5) is 0 Å². The fourth-order valence-corrected chi connectivity index (χ4v) is 1.52. The van der Waals surface area contributed by atoms with Crippen LogP contribution in [0, 0.1) is 0 Å². The molecule has 0 aliphatic rings. The lowest BCUT2D eigenvalue weighted by molar-refractivity contribution is -0.164. The van der Waals surface area contributed by atoms with E-state index in [-0.39, 0.29) is 5.78 Å². The lowest BCUT2D eigenvalue weighted by Crippen LogP contribution is -2.35. The van der Waals surface area contributed by atoms with E-state index < -0.39 is 11.6 Å². The van der Waals surface area contributed by atoms with Crippen molar-refractivity contribution >= 4 is 23.4 Å². The van der Waals surface area contributed by atoms with Crippen molar-refractivity contribution in [1.82, 2.24) is 0 Å². The highest BCUT2D eigenvalue weighted by Gasteiger charge is 2.35. The van der Waals surface area contributed by atoms with Gasteiger partial charge in [0.2, 0.25) is 0 Å². The fraction of sp³-hybridized carbons (Fsp3) is 0.333. The van der Waals surface area contributed by atoms with Gasteiger partial charge in [0, 0.05) is 17.5 Å². The Labute approximate surface area is 99.4 Å². The molecule has 3 nitrogen and oxygen atoms in total. The van der Waals surface area contributed by atoms with Gasteiger partial charge in [-0.2, -0.15) is 0 Å². The normalized spacial score (nSPS) is 14.0. The van der Waals surface area contributed by atoms with Crippen LogP contribution in [0.25, 0.3) is 0 Å². The van der Waals surface area contributed by atoms with Gasteiger partial charge in [-0.25, -0.2) is 0 Å². The van der Waals surface area contributed by atoms with Crippen molar-refractivity contribution < 1.29 is 14.3 Å². The molecule has 1 rings (SSSR count). The third kappa shape index (κ3) is 2.61. The maximum atomic E-state index is 11.6. The largest absolute Gasteiger partial charge is 0.447 e. The molecule has 0 saturated carbocycles. The second-order valence-electron chi connectivity index (χ2n) is 3.69. The zero-order valence-electron chi connectivity index (χ0n) is 9.41. The quantitative estimate of drug-likeness (QED) is 0.763. The smallest absolute Gasteiger partial charge is 0.303 e. The van der Waals surface area contributed by atoms with Gasteiger partial charge < -0.3 is 4.74 Å². The Morgan fingerprint density at radius 2 is 1.69 bits per heavy atom. The van der Waals surface area contributed by atoms with Crippen molar-refractivity contribution in [2.75, 3.05) is 0 Å². The molecule has 0 spiro atoms. The molecule has 1 unspecified atom stereocenters. The Bertz CT molecular complexity index is 411. The van der Waals surface area contributed by atoms with Gasteiger partial charge in [-0.1, -0.05) is 23.7 Å². The Hall–Kier alpha value is -1.35. The van der Waals surface area contributed by atoms with Crippen molar-refractivity contribution in [1.29, 1.82) is 0 Å². The van der Waals surface area contributed by atoms with Gasteiger partial charge in [0.1, 0.15) is 0 Å². The second-order valence-corrected chi connectivity index (χ2v) is 4.13. The number of esters is 1. The molecule has 0 radical (unpaired) electrons. The van der Waals surface area contributed by atoms with Gasteiger partial charge >= 0.3 is 5.97 Å². The first-order valence-electron chi connectivity index (χ1n) is 4.83. The van der Waals surface area contributed by atoms with Crippen molar-refractivity contribution in [2.45, 2.75) is 26.4 Å². The zero-order valence-corrected chi connectivity index (χ0v) is 10.2. The van der Waals surface area contributed by atoms with Gasteiger partial charge in [-0.15, -0.1) is 0 Å². The van der Waals surface area contributed by atoms with Gasteiger partial charge in [0.25, 0.3) is 0 Å². The molecule has 0 aliphatic carbocycles. The topological polar surface area (TPSA) is 43.4 Å². The highest BCUT2D eigenvalue weighted by atomic mass is 35.5. The molecule has 0 amide bonds. The van der Waals surface area contributed by atoms with Crippen molar-refractivity contribution in [2.24, 2.45) is 0 Å². The molecule has 86 valence electrons. The van der Waals surface area contributed by atoms with E-state index >= 15 is 0 Å². The molecule has 0 aromatic heterocycles. The Morgan fingerprint density at radius 1 is 1.19 bits per heavy atom. The van der Waals surface area contributed by atoms with Crippen molar-refractivity contribution in [3.8, 4) is 0 Å². The van der Waals surface area contributed by atoms with Crippen LogP contribution in [-0.2, 0) is 19.9 Å². The summed E-state index contributed by atoms with van der Waals surface area (Å²) in [4.78, 5) is 22.6. The van der Waals surface area contributed by atoms with E-state index in [2.05, 4.69) is 0 Å². The number of Topliss-reactive ketones (excluding diaryl/α,β-unsaturated/α-hetero) is 1. The first-order chi connectivity index (χ1) is 7.36. The summed E-state index contributed by atoms with van der Waals surface area (Å²) >= 11 is 5.75. The van der Waals surface area contributed by atoms with Crippen LogP contribution in [-0.4, -0.2) is 11.8 Å². The number of halogens is 1. The number of ketones is 1. The minimum absolute atomic E-state index is 0.231. The van der Waals surface area contributed by atoms with Gasteiger partial charge in [-0.3, -0.25) is 9.59 Å². The van der Waals surface area contributed by atoms with Crippen molar-refractivity contribution in [3.63, 3.8) is 0 Å². The standard InChI is InChI=1S/C12H13ClO3/c1-8(14)12(3,16-9(2)15)10-4-6-11(13)7-5-10/h4-7H,1-3H3. The molecule has 0 aliphatic heterocycles. The van der Waals surface area contributed by atoms with Crippen LogP contribution in [0.5, 0.6) is 0 Å². The highest BCUT2D eigenvalue weighted by Crippen LogP contribution is 2.27. The minimum Gasteiger partial charge on any atom is -0.447 e. The summed E-state index contributed by atoms with van der Waals surface area (Å²) in [6.45, 7) is 4.23. The van der Waals surface area contributed by atoms with E-state index in [9.17, 15) is 9.59 Å². The molecular formula is C12H13ClO3. The Kier molecular flexibility index (Phi) is 3.70. The van der Waals surface area contributed by atoms with E-state index in [1.54, 1.807) is 31.2 Å². The third-order valence-corrected chi connectivity index (χ3v) is 2.67. The van der Waals surface area contributed by atoms with Gasteiger partial charge in [0.15, 0.2) is 11.4 Å². The van der Waals surface area contributed by atoms with Gasteiger partial charge in [0.05, 0.1) is 0 Å². The average molecular weight is 241 g/mol. The zero-order chi connectivity index (χ0) is 12.3. The fourth-order valence-electron chi connectivity index (χ4n) is 1.39. The number of ether oxygens (including phenoxy) is 1. The van der Waals surface area contributed by atoms with E-state index in [4.69, 9.17) is 16.3 Å². The molecule has 1 aromatic carbocycles. The molecule has 1 aromatic rings. The average Bonchev–Trinajstić information content (AvgIpc) is 2.17. The summed E-state index contributed by atoms with van der Waals surface area (Å²) in [7, 11) is 0. The SMILES string of the molecule is CC(=O)OC(C)(C(C)=O)c1ccc(Cl)cc1. The lowest BCUT2D eigenvalue weighted by Gasteiger charge is -2.26. The second kappa shape index (κ2) is 4.66. The molecule has 1 atom stereocenters. The monoisotopic (exact) mass is 240 g/mol. The molecular weight excluding hydrogens is 228 g/mol. The summed E-state index contributed by atoms with van der Waals surface area (Å²) in [5.41, 5.74) is -0.629. The maximum Gasteiger partial charge on any atom is 0.303 e. The number of carbonyl (C=O) groups excluding carboxylic acids is 2. The first-order valence-corrected chi connectivity index (χ1v) is 5.20. The summed E-state index contributed by atoms with van der Waals surface area (Å²) in [5.74, 6) is -0.724. The summed E-state index contributed by atoms with van der Waals surface area (Å²) < 4.78 is 5.09. The van der Waals surface area contributed by atoms with E-state index in [1.165, 1.54) is 13.8 Å². The predicted molar refractivity (Wildman–Crippen MR) is 61.3 cm³/mol. The Morgan fingerprint density at radius 3 is 2.06 bits per heavy atom. The maximum absolute atomic E-state index is 11.6. The van der Waals surface area contributed by atoms with E-state index in [0.29, 0.717) is 10.6 Å². The van der Waals surface area contributed by atoms with Crippen LogP contribution < -0.4 is 0 Å². The molecule has 0 fully saturated rings. The van der Waals surface area contributed by atoms with Crippen LogP contribution in [0.3, 0.4) is 0 Å². The van der Waals surface area contributed by atoms with E-state index in [0.717, 1.165) is 0 Å². The summed E-state index contributed by atoms with van der Waals surface area (Å²) in [6, 6.07) is 6.66. The number of carbonyl (C=O) groups is 2. The predicted octanol–water partition coefficient (Wildman–Crippen LogP) is 2.71. The third-order valence-electron chi connectivity index (χ3n) is 2.41. The van der Waals surface area contributed by atoms with Crippen LogP contribution >= 0.6 is 11.6 Å². The Balaban J connectivity index is 3.16. The molecule has 16 heavy (non-hydrogen) atoms. The van der Waals surface area contributed by atoms with Crippen LogP contribution in [0.15, 0.2) is 24.3 Å². The summed E-state index contributed by atoms with van der Waals surface area (Å²) in [6.07, 6.45) is 0. The van der Waals surface area contributed by atoms with Crippen molar-refractivity contribution in [3.05, 3.63) is 34.9 Å². The molecule has 4 heteroatoms. The molecule has 0 N–H and O–H groups in total. The lowest BCUT2D eigenvalue weighted by atomic mass is 9.92. The summed E-state index contributed by atoms with van der Waals surface area (Å²) in [5, 5.41) is 0.567. The number of hydrogen-bond donors (Lipinski definition) is 0.